The lowest BCUT2D eigenvalue weighted by molar-refractivity contribution is 0.0691. The minimum absolute atomic E-state index is 0.00723. The summed E-state index contributed by atoms with van der Waals surface area (Å²) in [6.07, 6.45) is 0. The van der Waals surface area contributed by atoms with Crippen LogP contribution in [0, 0.1) is 6.92 Å². The van der Waals surface area contributed by atoms with E-state index >= 15 is 0 Å². The van der Waals surface area contributed by atoms with Crippen molar-refractivity contribution >= 4 is 34.6 Å². The number of carboxylic acids is 1. The zero-order valence-corrected chi connectivity index (χ0v) is 12.0. The molecule has 1 unspecified atom stereocenters. The van der Waals surface area contributed by atoms with Crippen LogP contribution >= 0.6 is 22.7 Å². The van der Waals surface area contributed by atoms with E-state index in [0.717, 1.165) is 5.56 Å². The second kappa shape index (κ2) is 5.50. The topological polar surface area (TPSA) is 79.3 Å². The van der Waals surface area contributed by atoms with Crippen molar-refractivity contribution < 1.29 is 14.7 Å². The summed E-state index contributed by atoms with van der Waals surface area (Å²) < 4.78 is 0. The van der Waals surface area contributed by atoms with Crippen LogP contribution in [0.15, 0.2) is 16.1 Å². The molecular weight excluding hydrogens is 284 g/mol. The maximum atomic E-state index is 12.0. The van der Waals surface area contributed by atoms with Gasteiger partial charge in [-0.05, 0) is 24.8 Å². The minimum atomic E-state index is -1.06. The van der Waals surface area contributed by atoms with Gasteiger partial charge in [-0.25, -0.2) is 9.78 Å². The lowest BCUT2D eigenvalue weighted by atomic mass is 10.2. The number of nitrogens with one attached hydrogen (secondary N) is 1. The molecule has 2 aromatic heterocycles. The van der Waals surface area contributed by atoms with Crippen LogP contribution in [0.2, 0.25) is 0 Å². The average molecular weight is 296 g/mol. The monoisotopic (exact) mass is 296 g/mol. The Labute approximate surface area is 117 Å². The largest absolute Gasteiger partial charge is 0.476 e. The van der Waals surface area contributed by atoms with E-state index in [-0.39, 0.29) is 17.6 Å². The number of amides is 1. The van der Waals surface area contributed by atoms with Gasteiger partial charge < -0.3 is 10.4 Å². The standard InChI is InChI=1S/C12H12N2O3S2/c1-6-3-18-4-8(6)10(15)13-7(2)11-14-9(5-19-11)12(16)17/h3-5,7H,1-2H3,(H,13,15)(H,16,17). The lowest BCUT2D eigenvalue weighted by Gasteiger charge is -2.10. The predicted octanol–water partition coefficient (Wildman–Crippen LogP) is 2.70. The van der Waals surface area contributed by atoms with Gasteiger partial charge in [0.05, 0.1) is 11.6 Å². The van der Waals surface area contributed by atoms with E-state index in [1.807, 2.05) is 12.3 Å². The van der Waals surface area contributed by atoms with Gasteiger partial charge in [-0.1, -0.05) is 0 Å². The van der Waals surface area contributed by atoms with Crippen LogP contribution in [-0.4, -0.2) is 22.0 Å². The second-order valence-electron chi connectivity index (χ2n) is 4.04. The van der Waals surface area contributed by atoms with Gasteiger partial charge in [0, 0.05) is 10.8 Å². The van der Waals surface area contributed by atoms with Gasteiger partial charge >= 0.3 is 5.97 Å². The van der Waals surface area contributed by atoms with Crippen molar-refractivity contribution in [2.45, 2.75) is 19.9 Å². The van der Waals surface area contributed by atoms with Gasteiger partial charge in [0.25, 0.3) is 5.91 Å². The molecule has 0 aliphatic heterocycles. The first kappa shape index (κ1) is 13.7. The molecule has 2 N–H and O–H groups in total. The number of carbonyl (C=O) groups excluding carboxylic acids is 1. The van der Waals surface area contributed by atoms with Crippen LogP contribution in [0.5, 0.6) is 0 Å². The highest BCUT2D eigenvalue weighted by molar-refractivity contribution is 7.10. The molecule has 100 valence electrons. The van der Waals surface area contributed by atoms with Gasteiger partial charge in [-0.15, -0.1) is 11.3 Å². The van der Waals surface area contributed by atoms with Crippen molar-refractivity contribution in [1.82, 2.24) is 10.3 Å². The summed E-state index contributed by atoms with van der Waals surface area (Å²) in [6.45, 7) is 3.66. The highest BCUT2D eigenvalue weighted by Crippen LogP contribution is 2.20. The van der Waals surface area contributed by atoms with E-state index in [4.69, 9.17) is 5.11 Å². The Bertz CT molecular complexity index is 618. The molecule has 5 nitrogen and oxygen atoms in total. The van der Waals surface area contributed by atoms with Crippen molar-refractivity contribution in [3.8, 4) is 0 Å². The Morgan fingerprint density at radius 2 is 2.11 bits per heavy atom. The smallest absolute Gasteiger partial charge is 0.355 e. The number of thiazole rings is 1. The van der Waals surface area contributed by atoms with Gasteiger partial charge in [-0.2, -0.15) is 11.3 Å². The molecule has 19 heavy (non-hydrogen) atoms. The first-order chi connectivity index (χ1) is 8.99. The number of rotatable bonds is 4. The summed E-state index contributed by atoms with van der Waals surface area (Å²) in [5.74, 6) is -1.23. The molecule has 0 radical (unpaired) electrons. The zero-order valence-electron chi connectivity index (χ0n) is 10.3. The normalized spacial score (nSPS) is 12.1. The molecule has 1 amide bonds. The van der Waals surface area contributed by atoms with E-state index < -0.39 is 5.97 Å². The highest BCUT2D eigenvalue weighted by Gasteiger charge is 2.17. The van der Waals surface area contributed by atoms with Crippen LogP contribution in [0.4, 0.5) is 0 Å². The quantitative estimate of drug-likeness (QED) is 0.909. The Morgan fingerprint density at radius 1 is 1.37 bits per heavy atom. The Hall–Kier alpha value is -1.73. The van der Waals surface area contributed by atoms with Crippen LogP contribution in [0.1, 0.15) is 44.4 Å². The molecule has 1 atom stereocenters. The molecule has 0 aromatic carbocycles. The number of nitrogens with zero attached hydrogens (tertiary/aromatic N) is 1. The summed E-state index contributed by atoms with van der Waals surface area (Å²) in [7, 11) is 0. The van der Waals surface area contributed by atoms with Crippen molar-refractivity contribution in [2.24, 2.45) is 0 Å². The van der Waals surface area contributed by atoms with E-state index in [2.05, 4.69) is 10.3 Å². The van der Waals surface area contributed by atoms with Crippen LogP contribution < -0.4 is 5.32 Å². The molecule has 2 aromatic rings. The van der Waals surface area contributed by atoms with Gasteiger partial charge in [0.1, 0.15) is 5.01 Å². The van der Waals surface area contributed by atoms with Crippen molar-refractivity contribution in [1.29, 1.82) is 0 Å². The fourth-order valence-corrected chi connectivity index (χ4v) is 3.14. The second-order valence-corrected chi connectivity index (χ2v) is 5.67. The molecule has 2 heterocycles. The number of hydrogen-bond donors (Lipinski definition) is 2. The summed E-state index contributed by atoms with van der Waals surface area (Å²) >= 11 is 2.70. The molecule has 0 aliphatic rings. The number of carbonyl (C=O) groups is 2. The maximum absolute atomic E-state index is 12.0. The fourth-order valence-electron chi connectivity index (χ4n) is 1.51. The molecular formula is C12H12N2O3S2. The predicted molar refractivity (Wildman–Crippen MR) is 74.0 cm³/mol. The van der Waals surface area contributed by atoms with E-state index in [1.54, 1.807) is 12.3 Å². The molecule has 0 saturated carbocycles. The summed E-state index contributed by atoms with van der Waals surface area (Å²) in [4.78, 5) is 26.7. The van der Waals surface area contributed by atoms with Crippen molar-refractivity contribution in [2.75, 3.05) is 0 Å². The third-order valence-electron chi connectivity index (χ3n) is 2.56. The first-order valence-corrected chi connectivity index (χ1v) is 7.33. The van der Waals surface area contributed by atoms with Crippen LogP contribution in [-0.2, 0) is 0 Å². The molecule has 0 spiro atoms. The molecule has 0 saturated heterocycles. The summed E-state index contributed by atoms with van der Waals surface area (Å²) in [5, 5.41) is 17.4. The Kier molecular flexibility index (Phi) is 3.96. The highest BCUT2D eigenvalue weighted by atomic mass is 32.1. The third-order valence-corrected chi connectivity index (χ3v) is 4.45. The molecule has 0 bridgehead atoms. The van der Waals surface area contributed by atoms with Gasteiger partial charge in [0.15, 0.2) is 5.69 Å². The number of aryl methyl sites for hydroxylation is 1. The number of carboxylic acid groups (broad SMARTS) is 1. The molecule has 7 heteroatoms. The van der Waals surface area contributed by atoms with Crippen LogP contribution in [0.25, 0.3) is 0 Å². The van der Waals surface area contributed by atoms with Crippen LogP contribution in [0.3, 0.4) is 0 Å². The van der Waals surface area contributed by atoms with Gasteiger partial charge in [0.2, 0.25) is 0 Å². The Balaban J connectivity index is 2.08. The fraction of sp³-hybridized carbons (Fsp3) is 0.250. The van der Waals surface area contributed by atoms with Crippen molar-refractivity contribution in [3.05, 3.63) is 38.0 Å². The van der Waals surface area contributed by atoms with Crippen molar-refractivity contribution in [3.63, 3.8) is 0 Å². The average Bonchev–Trinajstić information content (AvgIpc) is 2.96. The first-order valence-electron chi connectivity index (χ1n) is 5.51. The van der Waals surface area contributed by atoms with E-state index in [1.165, 1.54) is 28.1 Å². The number of aromatic carboxylic acids is 1. The molecule has 0 fully saturated rings. The maximum Gasteiger partial charge on any atom is 0.355 e. The van der Waals surface area contributed by atoms with E-state index in [9.17, 15) is 9.59 Å². The summed E-state index contributed by atoms with van der Waals surface area (Å²) in [6, 6.07) is -0.315. The zero-order chi connectivity index (χ0) is 14.0. The number of aromatic nitrogens is 1. The third kappa shape index (κ3) is 2.99. The van der Waals surface area contributed by atoms with E-state index in [0.29, 0.717) is 10.6 Å². The molecule has 2 rings (SSSR count). The SMILES string of the molecule is Cc1cscc1C(=O)NC(C)c1nc(C(=O)O)cs1. The Morgan fingerprint density at radius 3 is 2.63 bits per heavy atom. The number of hydrogen-bond acceptors (Lipinski definition) is 5. The lowest BCUT2D eigenvalue weighted by Crippen LogP contribution is -2.26. The summed E-state index contributed by atoms with van der Waals surface area (Å²) in [5.41, 5.74) is 1.58. The number of thiophene rings is 1. The minimum Gasteiger partial charge on any atom is -0.476 e. The van der Waals surface area contributed by atoms with Gasteiger partial charge in [-0.3, -0.25) is 4.79 Å². The molecule has 0 aliphatic carbocycles.